The van der Waals surface area contributed by atoms with E-state index in [1.54, 1.807) is 0 Å². The van der Waals surface area contributed by atoms with Crippen molar-refractivity contribution in [2.75, 3.05) is 19.8 Å². The Bertz CT molecular complexity index is 961. The lowest BCUT2D eigenvalue weighted by atomic mass is 10.1. The molecule has 1 heterocycles. The van der Waals surface area contributed by atoms with Crippen LogP contribution >= 0.6 is 0 Å². The first-order valence-electron chi connectivity index (χ1n) is 9.63. The summed E-state index contributed by atoms with van der Waals surface area (Å²) in [5, 5.41) is 42.2. The minimum Gasteiger partial charge on any atom is -0.396 e. The third-order valence-electron chi connectivity index (χ3n) is 4.93. The highest BCUT2D eigenvalue weighted by molar-refractivity contribution is 5.97. The highest BCUT2D eigenvalue weighted by Gasteiger charge is 2.22. The van der Waals surface area contributed by atoms with Crippen molar-refractivity contribution in [1.29, 1.82) is 0 Å². The molecule has 0 aliphatic rings. The Morgan fingerprint density at radius 2 is 1.87 bits per heavy atom. The van der Waals surface area contributed by atoms with Gasteiger partial charge in [0.15, 0.2) is 11.5 Å². The third-order valence-corrected chi connectivity index (χ3v) is 4.93. The van der Waals surface area contributed by atoms with Crippen molar-refractivity contribution in [3.63, 3.8) is 0 Å². The van der Waals surface area contributed by atoms with Gasteiger partial charge in [-0.15, -0.1) is 0 Å². The standard InChI is InChI=1S/C19H30N6O5/c1-11-7-15-16(8-12(11)2)24(5-3-13(28)4-6-26)19(30)17(22-15)18(23-20)25(21)9-14(29)10-27/h7-8,13-14,26-29H,3-6,9-10,20-21H2,1-2H3/b23-18-. The summed E-state index contributed by atoms with van der Waals surface area (Å²) in [6, 6.07) is 3.67. The summed E-state index contributed by atoms with van der Waals surface area (Å²) in [5.41, 5.74) is 2.41. The summed E-state index contributed by atoms with van der Waals surface area (Å²) in [7, 11) is 0. The second-order valence-electron chi connectivity index (χ2n) is 7.24. The number of hydrogen-bond donors (Lipinski definition) is 6. The number of benzene rings is 1. The normalized spacial score (nSPS) is 14.2. The van der Waals surface area contributed by atoms with Gasteiger partial charge >= 0.3 is 0 Å². The molecule has 1 aromatic carbocycles. The highest BCUT2D eigenvalue weighted by atomic mass is 16.3. The summed E-state index contributed by atoms with van der Waals surface area (Å²) >= 11 is 0. The monoisotopic (exact) mass is 422 g/mol. The van der Waals surface area contributed by atoms with Crippen molar-refractivity contribution in [3.8, 4) is 0 Å². The maximum atomic E-state index is 13.2. The Kier molecular flexibility index (Phi) is 8.26. The van der Waals surface area contributed by atoms with Crippen LogP contribution in [0, 0.1) is 13.8 Å². The van der Waals surface area contributed by atoms with Crippen LogP contribution in [0.2, 0.25) is 0 Å². The summed E-state index contributed by atoms with van der Waals surface area (Å²) in [6.07, 6.45) is -1.48. The summed E-state index contributed by atoms with van der Waals surface area (Å²) in [5.74, 6) is 11.2. The quantitative estimate of drug-likeness (QED) is 0.119. The molecule has 0 saturated carbocycles. The SMILES string of the molecule is Cc1cc2nc(/C(=N/N)N(N)CC(O)CO)c(=O)n(CCC(O)CCO)c2cc1C. The molecule has 2 rings (SSSR count). The average Bonchev–Trinajstić information content (AvgIpc) is 2.70. The van der Waals surface area contributed by atoms with E-state index >= 15 is 0 Å². The number of rotatable bonds is 9. The molecule has 0 spiro atoms. The van der Waals surface area contributed by atoms with Crippen LogP contribution in [0.15, 0.2) is 22.0 Å². The van der Waals surface area contributed by atoms with E-state index in [2.05, 4.69) is 10.1 Å². The topological polar surface area (TPSA) is 183 Å². The van der Waals surface area contributed by atoms with Gasteiger partial charge in [0.25, 0.3) is 5.56 Å². The molecular formula is C19H30N6O5. The zero-order valence-electron chi connectivity index (χ0n) is 17.2. The number of amidine groups is 1. The van der Waals surface area contributed by atoms with Gasteiger partial charge in [0.1, 0.15) is 0 Å². The van der Waals surface area contributed by atoms with Crippen molar-refractivity contribution in [2.24, 2.45) is 16.8 Å². The maximum absolute atomic E-state index is 13.2. The van der Waals surface area contributed by atoms with Crippen molar-refractivity contribution in [2.45, 2.75) is 45.4 Å². The van der Waals surface area contributed by atoms with Crippen LogP contribution in [0.4, 0.5) is 0 Å². The number of aliphatic hydroxyl groups is 4. The van der Waals surface area contributed by atoms with Crippen molar-refractivity contribution in [3.05, 3.63) is 39.3 Å². The third kappa shape index (κ3) is 5.32. The smallest absolute Gasteiger partial charge is 0.280 e. The van der Waals surface area contributed by atoms with Gasteiger partial charge in [0.2, 0.25) is 0 Å². The lowest BCUT2D eigenvalue weighted by molar-refractivity contribution is 0.0763. The van der Waals surface area contributed by atoms with Gasteiger partial charge < -0.3 is 30.8 Å². The fourth-order valence-corrected chi connectivity index (χ4v) is 3.08. The Labute approximate surface area is 173 Å². The van der Waals surface area contributed by atoms with Gasteiger partial charge in [-0.25, -0.2) is 10.8 Å². The van der Waals surface area contributed by atoms with E-state index in [-0.39, 0.29) is 44.1 Å². The number of fused-ring (bicyclic) bond motifs is 1. The van der Waals surface area contributed by atoms with Crippen LogP contribution in [0.25, 0.3) is 11.0 Å². The van der Waals surface area contributed by atoms with Crippen LogP contribution in [0.3, 0.4) is 0 Å². The minimum absolute atomic E-state index is 0.113. The number of aliphatic hydroxyl groups excluding tert-OH is 4. The number of hydrazone groups is 1. The van der Waals surface area contributed by atoms with Crippen molar-refractivity contribution < 1.29 is 20.4 Å². The van der Waals surface area contributed by atoms with Gasteiger partial charge in [-0.05, 0) is 49.9 Å². The molecule has 8 N–H and O–H groups in total. The van der Waals surface area contributed by atoms with Gasteiger partial charge in [0, 0.05) is 13.2 Å². The Hall–Kier alpha value is -2.57. The highest BCUT2D eigenvalue weighted by Crippen LogP contribution is 2.18. The zero-order valence-corrected chi connectivity index (χ0v) is 17.2. The second kappa shape index (κ2) is 10.5. The van der Waals surface area contributed by atoms with E-state index in [0.29, 0.717) is 11.0 Å². The Balaban J connectivity index is 2.60. The van der Waals surface area contributed by atoms with E-state index in [1.165, 1.54) is 4.57 Å². The first kappa shape index (κ1) is 23.7. The molecule has 0 aliphatic heterocycles. The molecule has 0 radical (unpaired) electrons. The van der Waals surface area contributed by atoms with E-state index in [0.717, 1.165) is 16.1 Å². The predicted octanol–water partition coefficient (Wildman–Crippen LogP) is -1.70. The number of nitrogens with zero attached hydrogens (tertiary/aromatic N) is 4. The van der Waals surface area contributed by atoms with Gasteiger partial charge in [-0.3, -0.25) is 9.80 Å². The summed E-state index contributed by atoms with van der Waals surface area (Å²) in [4.78, 5) is 17.7. The number of nitrogens with two attached hydrogens (primary N) is 2. The molecule has 30 heavy (non-hydrogen) atoms. The molecule has 2 atom stereocenters. The van der Waals surface area contributed by atoms with Crippen molar-refractivity contribution in [1.82, 2.24) is 14.6 Å². The number of hydrazine groups is 1. The largest absolute Gasteiger partial charge is 0.396 e. The molecule has 166 valence electrons. The Morgan fingerprint density at radius 1 is 1.20 bits per heavy atom. The first-order valence-corrected chi connectivity index (χ1v) is 9.63. The second-order valence-corrected chi connectivity index (χ2v) is 7.24. The van der Waals surface area contributed by atoms with Gasteiger partial charge in [-0.1, -0.05) is 0 Å². The fraction of sp³-hybridized carbons (Fsp3) is 0.526. The van der Waals surface area contributed by atoms with E-state index in [4.69, 9.17) is 21.9 Å². The van der Waals surface area contributed by atoms with Crippen LogP contribution in [0.5, 0.6) is 0 Å². The van der Waals surface area contributed by atoms with Gasteiger partial charge in [0.05, 0.1) is 36.4 Å². The average molecular weight is 422 g/mol. The van der Waals surface area contributed by atoms with Crippen LogP contribution in [-0.2, 0) is 6.54 Å². The zero-order chi connectivity index (χ0) is 22.4. The lowest BCUT2D eigenvalue weighted by Crippen LogP contribution is -2.47. The number of aromatic nitrogens is 2. The molecule has 1 aromatic heterocycles. The van der Waals surface area contributed by atoms with Gasteiger partial charge in [-0.2, -0.15) is 5.10 Å². The lowest BCUT2D eigenvalue weighted by Gasteiger charge is -2.22. The van der Waals surface area contributed by atoms with Crippen molar-refractivity contribution >= 4 is 16.9 Å². The first-order chi connectivity index (χ1) is 14.2. The summed E-state index contributed by atoms with van der Waals surface area (Å²) in [6.45, 7) is 3.12. The van der Waals surface area contributed by atoms with Crippen LogP contribution in [0.1, 0.15) is 29.7 Å². The minimum atomic E-state index is -1.16. The number of hydrogen-bond acceptors (Lipinski definition) is 9. The maximum Gasteiger partial charge on any atom is 0.280 e. The molecular weight excluding hydrogens is 392 g/mol. The Morgan fingerprint density at radius 3 is 2.47 bits per heavy atom. The fourth-order valence-electron chi connectivity index (χ4n) is 3.08. The van der Waals surface area contributed by atoms with Crippen LogP contribution < -0.4 is 17.2 Å². The van der Waals surface area contributed by atoms with E-state index in [1.807, 2.05) is 26.0 Å². The molecule has 0 aliphatic carbocycles. The molecule has 0 saturated heterocycles. The molecule has 11 heteroatoms. The molecule has 2 unspecified atom stereocenters. The molecule has 0 bridgehead atoms. The summed E-state index contributed by atoms with van der Waals surface area (Å²) < 4.78 is 1.46. The number of aryl methyl sites for hydroxylation is 3. The molecule has 0 fully saturated rings. The molecule has 0 amide bonds. The van der Waals surface area contributed by atoms with Crippen LogP contribution in [-0.4, -0.2) is 72.8 Å². The molecule has 11 nitrogen and oxygen atoms in total. The van der Waals surface area contributed by atoms with E-state index < -0.39 is 24.4 Å². The predicted molar refractivity (Wildman–Crippen MR) is 113 cm³/mol. The molecule has 2 aromatic rings. The van der Waals surface area contributed by atoms with E-state index in [9.17, 15) is 15.0 Å².